The number of hydrogen-bond acceptors (Lipinski definition) is 3. The third-order valence-electron chi connectivity index (χ3n) is 4.28. The van der Waals surface area contributed by atoms with E-state index >= 15 is 0 Å². The Kier molecular flexibility index (Phi) is 4.93. The fraction of sp³-hybridized carbons (Fsp3) is 0.316. The Morgan fingerprint density at radius 1 is 0.957 bits per heavy atom. The first kappa shape index (κ1) is 15.6. The summed E-state index contributed by atoms with van der Waals surface area (Å²) in [5.74, 6) is 0.0625. The first-order valence-corrected chi connectivity index (χ1v) is 8.10. The lowest BCUT2D eigenvalue weighted by Crippen LogP contribution is -2.48. The molecule has 2 aromatic rings. The van der Waals surface area contributed by atoms with Crippen molar-refractivity contribution < 1.29 is 4.79 Å². The molecule has 120 valence electrons. The predicted octanol–water partition coefficient (Wildman–Crippen LogP) is 2.76. The number of rotatable bonds is 4. The van der Waals surface area contributed by atoms with Gasteiger partial charge in [0.15, 0.2) is 0 Å². The first-order chi connectivity index (χ1) is 11.2. The normalized spacial score (nSPS) is 15.4. The topological polar surface area (TPSA) is 35.6 Å². The summed E-state index contributed by atoms with van der Waals surface area (Å²) in [6.45, 7) is 6.21. The van der Waals surface area contributed by atoms with Crippen LogP contribution in [0, 0.1) is 6.92 Å². The molecule has 1 heterocycles. The maximum Gasteiger partial charge on any atom is 0.238 e. The standard InChI is InChI=1S/C19H23N3O/c1-16-7-5-6-10-18(16)20-19(23)15-21-11-13-22(14-12-21)17-8-3-2-4-9-17/h2-10H,11-15H2,1H3,(H,20,23). The summed E-state index contributed by atoms with van der Waals surface area (Å²) < 4.78 is 0. The lowest BCUT2D eigenvalue weighted by Gasteiger charge is -2.35. The second-order valence-corrected chi connectivity index (χ2v) is 5.96. The number of aryl methyl sites for hydroxylation is 1. The number of hydrogen-bond donors (Lipinski definition) is 1. The van der Waals surface area contributed by atoms with E-state index in [1.165, 1.54) is 5.69 Å². The van der Waals surface area contributed by atoms with E-state index in [2.05, 4.69) is 39.4 Å². The van der Waals surface area contributed by atoms with Gasteiger partial charge in [0.1, 0.15) is 0 Å². The average molecular weight is 309 g/mol. The highest BCUT2D eigenvalue weighted by molar-refractivity contribution is 5.92. The van der Waals surface area contributed by atoms with Crippen LogP contribution in [0.15, 0.2) is 54.6 Å². The van der Waals surface area contributed by atoms with Crippen molar-refractivity contribution in [1.29, 1.82) is 0 Å². The van der Waals surface area contributed by atoms with Crippen molar-refractivity contribution >= 4 is 17.3 Å². The summed E-state index contributed by atoms with van der Waals surface area (Å²) in [7, 11) is 0. The highest BCUT2D eigenvalue weighted by Crippen LogP contribution is 2.16. The summed E-state index contributed by atoms with van der Waals surface area (Å²) in [6.07, 6.45) is 0. The third kappa shape index (κ3) is 4.11. The summed E-state index contributed by atoms with van der Waals surface area (Å²) in [5, 5.41) is 3.01. The van der Waals surface area contributed by atoms with Crippen molar-refractivity contribution in [2.45, 2.75) is 6.92 Å². The fourth-order valence-corrected chi connectivity index (χ4v) is 2.91. The van der Waals surface area contributed by atoms with Crippen LogP contribution in [0.5, 0.6) is 0 Å². The van der Waals surface area contributed by atoms with E-state index in [0.717, 1.165) is 37.4 Å². The molecule has 1 N–H and O–H groups in total. The molecular formula is C19H23N3O. The number of amides is 1. The van der Waals surface area contributed by atoms with Gasteiger partial charge in [0, 0.05) is 37.6 Å². The van der Waals surface area contributed by atoms with Gasteiger partial charge in [-0.3, -0.25) is 9.69 Å². The Hall–Kier alpha value is -2.33. The number of benzene rings is 2. The molecule has 0 aliphatic carbocycles. The lowest BCUT2D eigenvalue weighted by molar-refractivity contribution is -0.117. The monoisotopic (exact) mass is 309 g/mol. The van der Waals surface area contributed by atoms with Crippen molar-refractivity contribution in [2.24, 2.45) is 0 Å². The number of para-hydroxylation sites is 2. The Morgan fingerprint density at radius 3 is 2.30 bits per heavy atom. The van der Waals surface area contributed by atoms with E-state index in [9.17, 15) is 4.79 Å². The van der Waals surface area contributed by atoms with Crippen LogP contribution in [-0.4, -0.2) is 43.5 Å². The Balaban J connectivity index is 1.49. The number of carbonyl (C=O) groups excluding carboxylic acids is 1. The Labute approximate surface area is 137 Å². The molecule has 0 atom stereocenters. The number of carbonyl (C=O) groups is 1. The van der Waals surface area contributed by atoms with Crippen molar-refractivity contribution in [3.05, 3.63) is 60.2 Å². The van der Waals surface area contributed by atoms with Crippen molar-refractivity contribution in [2.75, 3.05) is 42.9 Å². The number of nitrogens with one attached hydrogen (secondary N) is 1. The fourth-order valence-electron chi connectivity index (χ4n) is 2.91. The van der Waals surface area contributed by atoms with Crippen molar-refractivity contribution in [3.63, 3.8) is 0 Å². The molecule has 0 radical (unpaired) electrons. The van der Waals surface area contributed by atoms with Crippen LogP contribution < -0.4 is 10.2 Å². The molecule has 2 aromatic carbocycles. The summed E-state index contributed by atoms with van der Waals surface area (Å²) in [5.41, 5.74) is 3.26. The number of piperazine rings is 1. The molecule has 3 rings (SSSR count). The smallest absolute Gasteiger partial charge is 0.238 e. The minimum absolute atomic E-state index is 0.0625. The van der Waals surface area contributed by atoms with Gasteiger partial charge in [-0.25, -0.2) is 0 Å². The predicted molar refractivity (Wildman–Crippen MR) is 94.9 cm³/mol. The van der Waals surface area contributed by atoms with E-state index in [1.807, 2.05) is 37.3 Å². The van der Waals surface area contributed by atoms with E-state index in [4.69, 9.17) is 0 Å². The molecule has 0 saturated carbocycles. The third-order valence-corrected chi connectivity index (χ3v) is 4.28. The molecule has 1 aliphatic heterocycles. The van der Waals surface area contributed by atoms with E-state index in [-0.39, 0.29) is 5.91 Å². The minimum atomic E-state index is 0.0625. The van der Waals surface area contributed by atoms with Gasteiger partial charge < -0.3 is 10.2 Å². The molecule has 0 bridgehead atoms. The highest BCUT2D eigenvalue weighted by Gasteiger charge is 2.19. The van der Waals surface area contributed by atoms with Crippen molar-refractivity contribution in [1.82, 2.24) is 4.90 Å². The van der Waals surface area contributed by atoms with Gasteiger partial charge in [-0.1, -0.05) is 36.4 Å². The van der Waals surface area contributed by atoms with Crippen LogP contribution in [-0.2, 0) is 4.79 Å². The van der Waals surface area contributed by atoms with Crippen molar-refractivity contribution in [3.8, 4) is 0 Å². The SMILES string of the molecule is Cc1ccccc1NC(=O)CN1CCN(c2ccccc2)CC1. The van der Waals surface area contributed by atoms with Gasteiger partial charge in [-0.2, -0.15) is 0 Å². The molecule has 4 nitrogen and oxygen atoms in total. The molecule has 0 unspecified atom stereocenters. The van der Waals surface area contributed by atoms with Gasteiger partial charge in [0.25, 0.3) is 0 Å². The van der Waals surface area contributed by atoms with Gasteiger partial charge >= 0.3 is 0 Å². The van der Waals surface area contributed by atoms with E-state index in [1.54, 1.807) is 0 Å². The maximum atomic E-state index is 12.2. The molecule has 23 heavy (non-hydrogen) atoms. The maximum absolute atomic E-state index is 12.2. The second-order valence-electron chi connectivity index (χ2n) is 5.96. The zero-order chi connectivity index (χ0) is 16.1. The second kappa shape index (κ2) is 7.29. The quantitative estimate of drug-likeness (QED) is 0.943. The largest absolute Gasteiger partial charge is 0.369 e. The number of nitrogens with zero attached hydrogens (tertiary/aromatic N) is 2. The van der Waals surface area contributed by atoms with E-state index < -0.39 is 0 Å². The zero-order valence-corrected chi connectivity index (χ0v) is 13.5. The van der Waals surface area contributed by atoms with Crippen LogP contribution >= 0.6 is 0 Å². The minimum Gasteiger partial charge on any atom is -0.369 e. The Bertz CT molecular complexity index is 649. The lowest BCUT2D eigenvalue weighted by atomic mass is 10.2. The molecule has 0 aromatic heterocycles. The summed E-state index contributed by atoms with van der Waals surface area (Å²) in [4.78, 5) is 16.8. The van der Waals surface area contributed by atoms with Crippen LogP contribution in [0.3, 0.4) is 0 Å². The Morgan fingerprint density at radius 2 is 1.61 bits per heavy atom. The molecule has 4 heteroatoms. The van der Waals surface area contributed by atoms with Gasteiger partial charge in [0.05, 0.1) is 6.54 Å². The molecule has 1 amide bonds. The van der Waals surface area contributed by atoms with Crippen LogP contribution in [0.4, 0.5) is 11.4 Å². The van der Waals surface area contributed by atoms with Crippen LogP contribution in [0.25, 0.3) is 0 Å². The summed E-state index contributed by atoms with van der Waals surface area (Å²) >= 11 is 0. The first-order valence-electron chi connectivity index (χ1n) is 8.10. The molecular weight excluding hydrogens is 286 g/mol. The van der Waals surface area contributed by atoms with Gasteiger partial charge in [-0.15, -0.1) is 0 Å². The molecule has 1 saturated heterocycles. The van der Waals surface area contributed by atoms with Gasteiger partial charge in [-0.05, 0) is 30.7 Å². The van der Waals surface area contributed by atoms with Crippen LogP contribution in [0.2, 0.25) is 0 Å². The summed E-state index contributed by atoms with van der Waals surface area (Å²) in [6, 6.07) is 18.3. The molecule has 1 fully saturated rings. The van der Waals surface area contributed by atoms with E-state index in [0.29, 0.717) is 6.54 Å². The highest BCUT2D eigenvalue weighted by atomic mass is 16.2. The average Bonchev–Trinajstić information content (AvgIpc) is 2.58. The molecule has 0 spiro atoms. The molecule has 1 aliphatic rings. The van der Waals surface area contributed by atoms with Gasteiger partial charge in [0.2, 0.25) is 5.91 Å². The van der Waals surface area contributed by atoms with Crippen LogP contribution in [0.1, 0.15) is 5.56 Å². The number of anilines is 2. The zero-order valence-electron chi connectivity index (χ0n) is 13.5.